The molecule has 0 saturated carbocycles. The van der Waals surface area contributed by atoms with E-state index in [1.165, 1.54) is 12.8 Å². The lowest BCUT2D eigenvalue weighted by Gasteiger charge is -2.20. The van der Waals surface area contributed by atoms with Gasteiger partial charge >= 0.3 is 6.03 Å². The van der Waals surface area contributed by atoms with Gasteiger partial charge in [0.25, 0.3) is 0 Å². The molecule has 108 valence electrons. The number of carbonyl (C=O) groups excluding carboxylic acids is 2. The Kier molecular flexibility index (Phi) is 5.41. The Balaban J connectivity index is 1.73. The van der Waals surface area contributed by atoms with Crippen LogP contribution in [-0.2, 0) is 4.79 Å². The van der Waals surface area contributed by atoms with E-state index >= 15 is 0 Å². The third-order valence-corrected chi connectivity index (χ3v) is 3.39. The summed E-state index contributed by atoms with van der Waals surface area (Å²) in [6.07, 6.45) is 4.49. The van der Waals surface area contributed by atoms with E-state index in [0.29, 0.717) is 5.69 Å². The van der Waals surface area contributed by atoms with E-state index in [0.717, 1.165) is 25.9 Å². The molecule has 2 N–H and O–H groups in total. The summed E-state index contributed by atoms with van der Waals surface area (Å²) in [6.45, 7) is 1.67. The van der Waals surface area contributed by atoms with Crippen molar-refractivity contribution < 1.29 is 9.59 Å². The molecule has 5 nitrogen and oxygen atoms in total. The molecule has 0 spiro atoms. The summed E-state index contributed by atoms with van der Waals surface area (Å²) in [7, 11) is 0. The molecule has 1 aliphatic rings. The quantitative estimate of drug-likeness (QED) is 0.888. The van der Waals surface area contributed by atoms with E-state index in [4.69, 9.17) is 0 Å². The van der Waals surface area contributed by atoms with Gasteiger partial charge in [0.1, 0.15) is 0 Å². The lowest BCUT2D eigenvalue weighted by molar-refractivity contribution is -0.130. The highest BCUT2D eigenvalue weighted by atomic mass is 16.2. The highest BCUT2D eigenvalue weighted by molar-refractivity contribution is 5.92. The van der Waals surface area contributed by atoms with Gasteiger partial charge < -0.3 is 15.5 Å². The Morgan fingerprint density at radius 1 is 1.00 bits per heavy atom. The van der Waals surface area contributed by atoms with Crippen molar-refractivity contribution in [1.29, 1.82) is 0 Å². The SMILES string of the molecule is O=C(NCC(=O)N1CCCCCC1)Nc1ccccc1. The van der Waals surface area contributed by atoms with Crippen LogP contribution in [0, 0.1) is 0 Å². The monoisotopic (exact) mass is 275 g/mol. The molecular weight excluding hydrogens is 254 g/mol. The first-order chi connectivity index (χ1) is 9.75. The number of para-hydroxylation sites is 1. The molecule has 0 bridgehead atoms. The number of hydrogen-bond donors (Lipinski definition) is 2. The van der Waals surface area contributed by atoms with Gasteiger partial charge in [-0.2, -0.15) is 0 Å². The number of nitrogens with one attached hydrogen (secondary N) is 2. The second kappa shape index (κ2) is 7.53. The molecule has 0 aromatic heterocycles. The molecule has 1 aliphatic heterocycles. The van der Waals surface area contributed by atoms with Crippen molar-refractivity contribution in [3.63, 3.8) is 0 Å². The van der Waals surface area contributed by atoms with Gasteiger partial charge in [-0.1, -0.05) is 31.0 Å². The van der Waals surface area contributed by atoms with Crippen molar-refractivity contribution in [3.8, 4) is 0 Å². The zero-order chi connectivity index (χ0) is 14.2. The highest BCUT2D eigenvalue weighted by Crippen LogP contribution is 2.09. The van der Waals surface area contributed by atoms with E-state index in [-0.39, 0.29) is 18.5 Å². The molecule has 5 heteroatoms. The number of likely N-dealkylation sites (tertiary alicyclic amines) is 1. The van der Waals surface area contributed by atoms with Crippen LogP contribution in [0.5, 0.6) is 0 Å². The number of hydrogen-bond acceptors (Lipinski definition) is 2. The Morgan fingerprint density at radius 3 is 2.30 bits per heavy atom. The predicted octanol–water partition coefficient (Wildman–Crippen LogP) is 2.21. The average Bonchev–Trinajstić information content (AvgIpc) is 2.75. The molecule has 2 rings (SSSR count). The second-order valence-electron chi connectivity index (χ2n) is 4.97. The summed E-state index contributed by atoms with van der Waals surface area (Å²) in [5.41, 5.74) is 0.715. The van der Waals surface area contributed by atoms with Crippen LogP contribution in [0.2, 0.25) is 0 Å². The van der Waals surface area contributed by atoms with E-state index in [9.17, 15) is 9.59 Å². The fourth-order valence-corrected chi connectivity index (χ4v) is 2.28. The minimum Gasteiger partial charge on any atom is -0.341 e. The molecule has 1 aromatic rings. The maximum atomic E-state index is 12.0. The number of rotatable bonds is 3. The van der Waals surface area contributed by atoms with Crippen LogP contribution in [0.3, 0.4) is 0 Å². The molecule has 0 unspecified atom stereocenters. The standard InChI is InChI=1S/C15H21N3O2/c19-14(18-10-6-1-2-7-11-18)12-16-15(20)17-13-8-4-3-5-9-13/h3-5,8-9H,1-2,6-7,10-12H2,(H2,16,17,20). The van der Waals surface area contributed by atoms with E-state index in [2.05, 4.69) is 10.6 Å². The number of anilines is 1. The van der Waals surface area contributed by atoms with Crippen LogP contribution in [0.4, 0.5) is 10.5 Å². The van der Waals surface area contributed by atoms with Crippen LogP contribution in [0.1, 0.15) is 25.7 Å². The van der Waals surface area contributed by atoms with Crippen LogP contribution < -0.4 is 10.6 Å². The summed E-state index contributed by atoms with van der Waals surface area (Å²) >= 11 is 0. The van der Waals surface area contributed by atoms with E-state index < -0.39 is 0 Å². The van der Waals surface area contributed by atoms with Crippen LogP contribution in [0.25, 0.3) is 0 Å². The number of amides is 3. The van der Waals surface area contributed by atoms with Gasteiger partial charge in [-0.25, -0.2) is 4.79 Å². The Hall–Kier alpha value is -2.04. The fourth-order valence-electron chi connectivity index (χ4n) is 2.28. The first-order valence-electron chi connectivity index (χ1n) is 7.13. The number of carbonyl (C=O) groups is 2. The third kappa shape index (κ3) is 4.57. The molecule has 1 aromatic carbocycles. The number of nitrogens with zero attached hydrogens (tertiary/aromatic N) is 1. The summed E-state index contributed by atoms with van der Waals surface area (Å²) < 4.78 is 0. The molecule has 0 aliphatic carbocycles. The van der Waals surface area contributed by atoms with Crippen LogP contribution in [-0.4, -0.2) is 36.5 Å². The predicted molar refractivity (Wildman–Crippen MR) is 78.5 cm³/mol. The van der Waals surface area contributed by atoms with Crippen molar-refractivity contribution in [3.05, 3.63) is 30.3 Å². The smallest absolute Gasteiger partial charge is 0.319 e. The third-order valence-electron chi connectivity index (χ3n) is 3.39. The highest BCUT2D eigenvalue weighted by Gasteiger charge is 2.15. The minimum atomic E-state index is -0.348. The molecular formula is C15H21N3O2. The Morgan fingerprint density at radius 2 is 1.65 bits per heavy atom. The largest absolute Gasteiger partial charge is 0.341 e. The molecule has 1 heterocycles. The molecule has 20 heavy (non-hydrogen) atoms. The van der Waals surface area contributed by atoms with Gasteiger partial charge in [0.15, 0.2) is 0 Å². The number of benzene rings is 1. The molecule has 1 saturated heterocycles. The van der Waals surface area contributed by atoms with E-state index in [1.54, 1.807) is 12.1 Å². The molecule has 0 radical (unpaired) electrons. The van der Waals surface area contributed by atoms with Gasteiger partial charge in [0, 0.05) is 18.8 Å². The minimum absolute atomic E-state index is 0.00453. The normalized spacial score (nSPS) is 15.3. The lowest BCUT2D eigenvalue weighted by atomic mass is 10.2. The Labute approximate surface area is 119 Å². The van der Waals surface area contributed by atoms with Crippen molar-refractivity contribution in [2.75, 3.05) is 25.0 Å². The van der Waals surface area contributed by atoms with Gasteiger partial charge in [0.05, 0.1) is 6.54 Å². The van der Waals surface area contributed by atoms with Crippen molar-refractivity contribution in [2.24, 2.45) is 0 Å². The van der Waals surface area contributed by atoms with Gasteiger partial charge in [-0.15, -0.1) is 0 Å². The van der Waals surface area contributed by atoms with Gasteiger partial charge in [0.2, 0.25) is 5.91 Å². The van der Waals surface area contributed by atoms with Crippen LogP contribution >= 0.6 is 0 Å². The van der Waals surface area contributed by atoms with E-state index in [1.807, 2.05) is 23.1 Å². The summed E-state index contributed by atoms with van der Waals surface area (Å²) in [5.74, 6) is -0.00453. The van der Waals surface area contributed by atoms with Crippen molar-refractivity contribution in [1.82, 2.24) is 10.2 Å². The van der Waals surface area contributed by atoms with Gasteiger partial charge in [-0.05, 0) is 25.0 Å². The zero-order valence-electron chi connectivity index (χ0n) is 11.6. The topological polar surface area (TPSA) is 61.4 Å². The maximum Gasteiger partial charge on any atom is 0.319 e. The summed E-state index contributed by atoms with van der Waals surface area (Å²) in [4.78, 5) is 25.5. The first kappa shape index (κ1) is 14.4. The van der Waals surface area contributed by atoms with Crippen molar-refractivity contribution >= 4 is 17.6 Å². The first-order valence-corrected chi connectivity index (χ1v) is 7.13. The lowest BCUT2D eigenvalue weighted by Crippen LogP contribution is -2.41. The zero-order valence-corrected chi connectivity index (χ0v) is 11.6. The molecule has 3 amide bonds. The average molecular weight is 275 g/mol. The van der Waals surface area contributed by atoms with Crippen LogP contribution in [0.15, 0.2) is 30.3 Å². The molecule has 1 fully saturated rings. The Bertz CT molecular complexity index is 440. The summed E-state index contributed by atoms with van der Waals surface area (Å²) in [6, 6.07) is 8.83. The number of urea groups is 1. The fraction of sp³-hybridized carbons (Fsp3) is 0.467. The van der Waals surface area contributed by atoms with Gasteiger partial charge in [-0.3, -0.25) is 4.79 Å². The maximum absolute atomic E-state index is 12.0. The second-order valence-corrected chi connectivity index (χ2v) is 4.97. The van der Waals surface area contributed by atoms with Crippen molar-refractivity contribution in [2.45, 2.75) is 25.7 Å². The molecule has 0 atom stereocenters. The summed E-state index contributed by atoms with van der Waals surface area (Å²) in [5, 5.41) is 5.30.